The fourth-order valence-electron chi connectivity index (χ4n) is 2.07. The molecule has 3 nitrogen and oxygen atoms in total. The maximum atomic E-state index is 12.3. The van der Waals surface area contributed by atoms with Crippen LogP contribution in [-0.4, -0.2) is 30.8 Å². The Bertz CT molecular complexity index is 470. The highest BCUT2D eigenvalue weighted by molar-refractivity contribution is 5.42. The highest BCUT2D eigenvalue weighted by atomic mass is 19.4. The Morgan fingerprint density at radius 2 is 2.05 bits per heavy atom. The van der Waals surface area contributed by atoms with Crippen molar-refractivity contribution in [3.8, 4) is 0 Å². The second kappa shape index (κ2) is 6.64. The third kappa shape index (κ3) is 5.53. The molecule has 0 amide bonds. The number of pyridine rings is 1. The number of hydrogen-bond acceptors (Lipinski definition) is 3. The molecule has 21 heavy (non-hydrogen) atoms. The van der Waals surface area contributed by atoms with Crippen LogP contribution in [0.15, 0.2) is 12.1 Å². The smallest absolute Gasteiger partial charge is 0.359 e. The van der Waals surface area contributed by atoms with Gasteiger partial charge in [-0.25, -0.2) is 4.98 Å². The molecule has 1 heterocycles. The number of halogens is 3. The molecule has 0 saturated heterocycles. The Kier molecular flexibility index (Phi) is 5.08. The van der Waals surface area contributed by atoms with Crippen molar-refractivity contribution >= 4 is 5.82 Å². The van der Waals surface area contributed by atoms with Crippen LogP contribution in [-0.2, 0) is 13.0 Å². The number of aryl methyl sites for hydroxylation is 1. The first-order chi connectivity index (χ1) is 9.87. The molecule has 0 spiro atoms. The molecule has 118 valence electrons. The van der Waals surface area contributed by atoms with Gasteiger partial charge in [0.1, 0.15) is 5.82 Å². The van der Waals surface area contributed by atoms with Crippen LogP contribution in [0, 0.1) is 0 Å². The van der Waals surface area contributed by atoms with E-state index >= 15 is 0 Å². The quantitative estimate of drug-likeness (QED) is 0.837. The summed E-state index contributed by atoms with van der Waals surface area (Å²) < 4.78 is 36.9. The highest BCUT2D eigenvalue weighted by Gasteiger charge is 2.27. The zero-order valence-corrected chi connectivity index (χ0v) is 12.5. The summed E-state index contributed by atoms with van der Waals surface area (Å²) >= 11 is 0. The van der Waals surface area contributed by atoms with E-state index in [0.29, 0.717) is 11.9 Å². The maximum absolute atomic E-state index is 12.3. The molecule has 0 atom stereocenters. The van der Waals surface area contributed by atoms with Gasteiger partial charge in [-0.05, 0) is 37.0 Å². The van der Waals surface area contributed by atoms with Gasteiger partial charge in [0, 0.05) is 31.9 Å². The lowest BCUT2D eigenvalue weighted by Gasteiger charge is -2.20. The summed E-state index contributed by atoms with van der Waals surface area (Å²) in [5, 5.41) is 3.42. The number of nitrogens with one attached hydrogen (secondary N) is 1. The lowest BCUT2D eigenvalue weighted by molar-refractivity contribution is -0.132. The number of nitrogens with zero attached hydrogens (tertiary/aromatic N) is 2. The molecule has 0 radical (unpaired) electrons. The van der Waals surface area contributed by atoms with Crippen molar-refractivity contribution in [2.75, 3.05) is 18.5 Å². The van der Waals surface area contributed by atoms with Gasteiger partial charge < -0.3 is 10.2 Å². The molecule has 0 bridgehead atoms. The van der Waals surface area contributed by atoms with Crippen LogP contribution in [0.4, 0.5) is 19.0 Å². The molecule has 1 aliphatic carbocycles. The predicted octanol–water partition coefficient (Wildman–Crippen LogP) is 3.28. The average molecular weight is 301 g/mol. The topological polar surface area (TPSA) is 28.2 Å². The van der Waals surface area contributed by atoms with E-state index in [0.717, 1.165) is 24.2 Å². The fraction of sp³-hybridized carbons (Fsp3) is 0.667. The van der Waals surface area contributed by atoms with Crippen LogP contribution in [0.2, 0.25) is 0 Å². The van der Waals surface area contributed by atoms with Crippen molar-refractivity contribution in [2.45, 2.75) is 51.4 Å². The van der Waals surface area contributed by atoms with E-state index in [-0.39, 0.29) is 6.54 Å². The van der Waals surface area contributed by atoms with Gasteiger partial charge in [-0.1, -0.05) is 6.92 Å². The van der Waals surface area contributed by atoms with Crippen molar-refractivity contribution in [3.63, 3.8) is 0 Å². The summed E-state index contributed by atoms with van der Waals surface area (Å²) in [5.41, 5.74) is 2.00. The van der Waals surface area contributed by atoms with Crippen molar-refractivity contribution < 1.29 is 13.2 Å². The zero-order valence-electron chi connectivity index (χ0n) is 12.5. The summed E-state index contributed by atoms with van der Waals surface area (Å²) in [7, 11) is 1.66. The Balaban J connectivity index is 2.03. The Morgan fingerprint density at radius 1 is 1.33 bits per heavy atom. The SMILES string of the molecule is CCc1cc(CNC2CC2)cc(N(C)CCC(F)(F)F)n1. The lowest BCUT2D eigenvalue weighted by Crippen LogP contribution is -2.25. The van der Waals surface area contributed by atoms with E-state index < -0.39 is 12.6 Å². The van der Waals surface area contributed by atoms with Gasteiger partial charge in [0.25, 0.3) is 0 Å². The molecule has 2 rings (SSSR count). The van der Waals surface area contributed by atoms with Crippen LogP contribution in [0.25, 0.3) is 0 Å². The fourth-order valence-corrected chi connectivity index (χ4v) is 2.07. The van der Waals surface area contributed by atoms with Gasteiger partial charge in [0.2, 0.25) is 0 Å². The van der Waals surface area contributed by atoms with Gasteiger partial charge in [0.05, 0.1) is 6.42 Å². The van der Waals surface area contributed by atoms with Gasteiger partial charge in [0.15, 0.2) is 0 Å². The first kappa shape index (κ1) is 16.1. The average Bonchev–Trinajstić information content (AvgIpc) is 3.25. The second-order valence-electron chi connectivity index (χ2n) is 5.62. The number of hydrogen-bond donors (Lipinski definition) is 1. The minimum absolute atomic E-state index is 0.0703. The second-order valence-corrected chi connectivity index (χ2v) is 5.62. The number of aromatic nitrogens is 1. The number of rotatable bonds is 7. The summed E-state index contributed by atoms with van der Waals surface area (Å²) in [6, 6.07) is 4.51. The first-order valence-corrected chi connectivity index (χ1v) is 7.38. The van der Waals surface area contributed by atoms with E-state index in [1.165, 1.54) is 12.8 Å². The monoisotopic (exact) mass is 301 g/mol. The van der Waals surface area contributed by atoms with Crippen LogP contribution in [0.5, 0.6) is 0 Å². The molecule has 1 aromatic rings. The van der Waals surface area contributed by atoms with Crippen LogP contribution in [0.3, 0.4) is 0 Å². The molecular formula is C15H22F3N3. The molecule has 0 aromatic carbocycles. The van der Waals surface area contributed by atoms with E-state index in [1.54, 1.807) is 11.9 Å². The standard InChI is InChI=1S/C15H22F3N3/c1-3-12-8-11(10-19-13-4-5-13)9-14(20-12)21(2)7-6-15(16,17)18/h8-9,13,19H,3-7,10H2,1-2H3. The first-order valence-electron chi connectivity index (χ1n) is 7.38. The molecule has 1 aromatic heterocycles. The normalized spacial score (nSPS) is 15.3. The molecule has 1 aliphatic rings. The Hall–Kier alpha value is -1.30. The molecule has 6 heteroatoms. The maximum Gasteiger partial charge on any atom is 0.390 e. The zero-order chi connectivity index (χ0) is 15.5. The highest BCUT2D eigenvalue weighted by Crippen LogP contribution is 2.23. The van der Waals surface area contributed by atoms with Crippen molar-refractivity contribution in [2.24, 2.45) is 0 Å². The summed E-state index contributed by atoms with van der Waals surface area (Å²) in [6.45, 7) is 2.68. The van der Waals surface area contributed by atoms with Gasteiger partial charge in [-0.3, -0.25) is 0 Å². The third-order valence-electron chi connectivity index (χ3n) is 3.58. The third-order valence-corrected chi connectivity index (χ3v) is 3.58. The van der Waals surface area contributed by atoms with E-state index in [1.807, 2.05) is 19.1 Å². The molecule has 1 fully saturated rings. The minimum atomic E-state index is -4.13. The molecule has 1 saturated carbocycles. The van der Waals surface area contributed by atoms with Crippen molar-refractivity contribution in [1.29, 1.82) is 0 Å². The lowest BCUT2D eigenvalue weighted by atomic mass is 10.2. The molecular weight excluding hydrogens is 279 g/mol. The summed E-state index contributed by atoms with van der Waals surface area (Å²) in [4.78, 5) is 6.00. The van der Waals surface area contributed by atoms with E-state index in [4.69, 9.17) is 0 Å². The van der Waals surface area contributed by atoms with Crippen LogP contribution < -0.4 is 10.2 Å². The van der Waals surface area contributed by atoms with E-state index in [2.05, 4.69) is 10.3 Å². The number of alkyl halides is 3. The summed E-state index contributed by atoms with van der Waals surface area (Å²) in [6.07, 6.45) is -1.75. The van der Waals surface area contributed by atoms with Gasteiger partial charge in [-0.15, -0.1) is 0 Å². The largest absolute Gasteiger partial charge is 0.390 e. The van der Waals surface area contributed by atoms with Crippen LogP contribution in [0.1, 0.15) is 37.4 Å². The van der Waals surface area contributed by atoms with Gasteiger partial charge >= 0.3 is 6.18 Å². The minimum Gasteiger partial charge on any atom is -0.359 e. The number of anilines is 1. The summed E-state index contributed by atoms with van der Waals surface area (Å²) in [5.74, 6) is 0.617. The Morgan fingerprint density at radius 3 is 2.62 bits per heavy atom. The molecule has 1 N–H and O–H groups in total. The Labute approximate surface area is 123 Å². The molecule has 0 aliphatic heterocycles. The van der Waals surface area contributed by atoms with Gasteiger partial charge in [-0.2, -0.15) is 13.2 Å². The van der Waals surface area contributed by atoms with Crippen molar-refractivity contribution in [3.05, 3.63) is 23.4 Å². The van der Waals surface area contributed by atoms with E-state index in [9.17, 15) is 13.2 Å². The van der Waals surface area contributed by atoms with Crippen LogP contribution >= 0.6 is 0 Å². The predicted molar refractivity (Wildman–Crippen MR) is 77.4 cm³/mol. The van der Waals surface area contributed by atoms with Crippen molar-refractivity contribution in [1.82, 2.24) is 10.3 Å². The molecule has 0 unspecified atom stereocenters.